The van der Waals surface area contributed by atoms with Gasteiger partial charge in [-0.3, -0.25) is 4.79 Å². The van der Waals surface area contributed by atoms with E-state index in [1.54, 1.807) is 19.0 Å². The number of rotatable bonds is 1. The van der Waals surface area contributed by atoms with Gasteiger partial charge in [0.25, 0.3) is 0 Å². The number of carbonyl (C=O) groups excluding carboxylic acids is 2. The van der Waals surface area contributed by atoms with Gasteiger partial charge in [0.15, 0.2) is 0 Å². The molecule has 0 atom stereocenters. The van der Waals surface area contributed by atoms with Gasteiger partial charge in [-0.1, -0.05) is 6.92 Å². The van der Waals surface area contributed by atoms with Crippen molar-refractivity contribution in [2.75, 3.05) is 53.4 Å². The molecule has 2 aliphatic rings. The van der Waals surface area contributed by atoms with Crippen molar-refractivity contribution >= 4 is 11.9 Å². The average molecular weight is 282 g/mol. The van der Waals surface area contributed by atoms with Crippen LogP contribution in [0.1, 0.15) is 19.8 Å². The van der Waals surface area contributed by atoms with Crippen molar-refractivity contribution in [1.82, 2.24) is 20.0 Å². The van der Waals surface area contributed by atoms with Crippen molar-refractivity contribution in [3.8, 4) is 0 Å². The lowest BCUT2D eigenvalue weighted by molar-refractivity contribution is -0.144. The van der Waals surface area contributed by atoms with Gasteiger partial charge in [-0.05, 0) is 25.9 Å². The van der Waals surface area contributed by atoms with Gasteiger partial charge in [0.2, 0.25) is 5.91 Å². The van der Waals surface area contributed by atoms with Gasteiger partial charge in [-0.2, -0.15) is 0 Å². The van der Waals surface area contributed by atoms with Crippen LogP contribution >= 0.6 is 0 Å². The van der Waals surface area contributed by atoms with Crippen LogP contribution in [0.25, 0.3) is 0 Å². The third-order valence-corrected chi connectivity index (χ3v) is 4.44. The summed E-state index contributed by atoms with van der Waals surface area (Å²) < 4.78 is 0. The van der Waals surface area contributed by atoms with E-state index in [1.165, 1.54) is 0 Å². The highest BCUT2D eigenvalue weighted by Crippen LogP contribution is 2.30. The van der Waals surface area contributed by atoms with E-state index in [4.69, 9.17) is 0 Å². The molecule has 20 heavy (non-hydrogen) atoms. The van der Waals surface area contributed by atoms with Gasteiger partial charge in [-0.15, -0.1) is 0 Å². The highest BCUT2D eigenvalue weighted by Gasteiger charge is 2.38. The van der Waals surface area contributed by atoms with E-state index in [0.717, 1.165) is 25.9 Å². The molecule has 3 amide bonds. The molecule has 114 valence electrons. The van der Waals surface area contributed by atoms with Crippen molar-refractivity contribution < 1.29 is 9.59 Å². The maximum Gasteiger partial charge on any atom is 0.319 e. The summed E-state index contributed by atoms with van der Waals surface area (Å²) in [5.74, 6) is 0.260. The Morgan fingerprint density at radius 2 is 1.50 bits per heavy atom. The lowest BCUT2D eigenvalue weighted by Crippen LogP contribution is -2.56. The van der Waals surface area contributed by atoms with Gasteiger partial charge in [-0.25, -0.2) is 4.79 Å². The van der Waals surface area contributed by atoms with Crippen molar-refractivity contribution in [3.63, 3.8) is 0 Å². The SMILES string of the molecule is CN(C)C(=O)N1CCN(C(=O)C2(C)CCNCC2)CC1. The lowest BCUT2D eigenvalue weighted by atomic mass is 9.79. The van der Waals surface area contributed by atoms with Crippen LogP contribution in [0.2, 0.25) is 0 Å². The summed E-state index contributed by atoms with van der Waals surface area (Å²) in [7, 11) is 3.52. The zero-order valence-corrected chi connectivity index (χ0v) is 12.8. The fourth-order valence-corrected chi connectivity index (χ4v) is 2.96. The summed E-state index contributed by atoms with van der Waals surface area (Å²) in [6.07, 6.45) is 1.81. The average Bonchev–Trinajstić information content (AvgIpc) is 2.46. The first kappa shape index (κ1) is 15.1. The van der Waals surface area contributed by atoms with E-state index >= 15 is 0 Å². The minimum absolute atomic E-state index is 0.0326. The van der Waals surface area contributed by atoms with Crippen molar-refractivity contribution in [2.24, 2.45) is 5.41 Å². The van der Waals surface area contributed by atoms with Gasteiger partial charge in [0.1, 0.15) is 0 Å². The first-order chi connectivity index (χ1) is 9.44. The summed E-state index contributed by atoms with van der Waals surface area (Å²) in [5, 5.41) is 3.30. The molecule has 0 bridgehead atoms. The number of nitrogens with zero attached hydrogens (tertiary/aromatic N) is 3. The first-order valence-electron chi connectivity index (χ1n) is 7.40. The molecule has 2 saturated heterocycles. The molecule has 0 radical (unpaired) electrons. The Labute approximate surface area is 121 Å². The predicted octanol–water partition coefficient (Wildman–Crippen LogP) is 0.202. The van der Waals surface area contributed by atoms with E-state index in [2.05, 4.69) is 12.2 Å². The molecular formula is C14H26N4O2. The number of amides is 3. The molecule has 2 rings (SSSR count). The van der Waals surface area contributed by atoms with Gasteiger partial charge in [0, 0.05) is 45.7 Å². The van der Waals surface area contributed by atoms with Crippen LogP contribution < -0.4 is 5.32 Å². The van der Waals surface area contributed by atoms with E-state index in [9.17, 15) is 9.59 Å². The Morgan fingerprint density at radius 1 is 1.00 bits per heavy atom. The van der Waals surface area contributed by atoms with Crippen LogP contribution in [0.5, 0.6) is 0 Å². The maximum absolute atomic E-state index is 12.7. The summed E-state index contributed by atoms with van der Waals surface area (Å²) in [5.41, 5.74) is -0.223. The first-order valence-corrected chi connectivity index (χ1v) is 7.40. The third kappa shape index (κ3) is 3.06. The van der Waals surface area contributed by atoms with Gasteiger partial charge in [0.05, 0.1) is 0 Å². The number of hydrogen-bond acceptors (Lipinski definition) is 3. The molecule has 6 nitrogen and oxygen atoms in total. The lowest BCUT2D eigenvalue weighted by Gasteiger charge is -2.41. The minimum Gasteiger partial charge on any atom is -0.339 e. The Hall–Kier alpha value is -1.30. The van der Waals surface area contributed by atoms with Crippen LogP contribution in [0.4, 0.5) is 4.79 Å². The maximum atomic E-state index is 12.7. The standard InChI is InChI=1S/C14H26N4O2/c1-14(4-6-15-7-5-14)12(19)17-8-10-18(11-9-17)13(20)16(2)3/h15H,4-11H2,1-3H3. The molecule has 6 heteroatoms. The van der Waals surface area contributed by atoms with E-state index < -0.39 is 0 Å². The minimum atomic E-state index is -0.223. The molecule has 0 aromatic heterocycles. The molecular weight excluding hydrogens is 256 g/mol. The van der Waals surface area contributed by atoms with E-state index in [0.29, 0.717) is 26.2 Å². The van der Waals surface area contributed by atoms with E-state index in [1.807, 2.05) is 9.80 Å². The second-order valence-electron chi connectivity index (χ2n) is 6.27. The zero-order valence-electron chi connectivity index (χ0n) is 12.8. The van der Waals surface area contributed by atoms with E-state index in [-0.39, 0.29) is 17.4 Å². The number of carbonyl (C=O) groups is 2. The van der Waals surface area contributed by atoms with Crippen LogP contribution in [0.15, 0.2) is 0 Å². The van der Waals surface area contributed by atoms with Crippen molar-refractivity contribution in [3.05, 3.63) is 0 Å². The number of hydrogen-bond donors (Lipinski definition) is 1. The highest BCUT2D eigenvalue weighted by atomic mass is 16.2. The molecule has 0 unspecified atom stereocenters. The van der Waals surface area contributed by atoms with Crippen molar-refractivity contribution in [1.29, 1.82) is 0 Å². The van der Waals surface area contributed by atoms with Crippen LogP contribution in [0, 0.1) is 5.41 Å². The monoisotopic (exact) mass is 282 g/mol. The molecule has 0 aromatic rings. The normalized spacial score (nSPS) is 22.6. The van der Waals surface area contributed by atoms with Crippen LogP contribution in [-0.4, -0.2) is 80.0 Å². The fraction of sp³-hybridized carbons (Fsp3) is 0.857. The molecule has 0 aromatic carbocycles. The third-order valence-electron chi connectivity index (χ3n) is 4.44. The summed E-state index contributed by atoms with van der Waals surface area (Å²) in [6.45, 7) is 6.49. The topological polar surface area (TPSA) is 55.9 Å². The Kier molecular flexibility index (Phi) is 4.52. The molecule has 1 N–H and O–H groups in total. The van der Waals surface area contributed by atoms with Crippen LogP contribution in [-0.2, 0) is 4.79 Å². The highest BCUT2D eigenvalue weighted by molar-refractivity contribution is 5.83. The smallest absolute Gasteiger partial charge is 0.319 e. The molecule has 0 spiro atoms. The number of piperidine rings is 1. The van der Waals surface area contributed by atoms with Gasteiger partial charge >= 0.3 is 6.03 Å². The largest absolute Gasteiger partial charge is 0.339 e. The predicted molar refractivity (Wildman–Crippen MR) is 77.4 cm³/mol. The van der Waals surface area contributed by atoms with Crippen molar-refractivity contribution in [2.45, 2.75) is 19.8 Å². The number of nitrogens with one attached hydrogen (secondary N) is 1. The molecule has 2 fully saturated rings. The summed E-state index contributed by atoms with van der Waals surface area (Å²) in [4.78, 5) is 29.9. The summed E-state index contributed by atoms with van der Waals surface area (Å²) in [6, 6.07) is 0.0326. The summed E-state index contributed by atoms with van der Waals surface area (Å²) >= 11 is 0. The molecule has 0 saturated carbocycles. The number of piperazine rings is 1. The molecule has 2 aliphatic heterocycles. The van der Waals surface area contributed by atoms with Crippen LogP contribution in [0.3, 0.4) is 0 Å². The quantitative estimate of drug-likeness (QED) is 0.747. The van der Waals surface area contributed by atoms with Gasteiger partial charge < -0.3 is 20.0 Å². The second kappa shape index (κ2) is 5.99. The molecule has 2 heterocycles. The Morgan fingerprint density at radius 3 is 2.00 bits per heavy atom. The Bertz CT molecular complexity index is 369. The number of urea groups is 1. The zero-order chi connectivity index (χ0) is 14.8. The Balaban J connectivity index is 1.90. The second-order valence-corrected chi connectivity index (χ2v) is 6.27. The fourth-order valence-electron chi connectivity index (χ4n) is 2.96. The molecule has 0 aliphatic carbocycles.